The first-order chi connectivity index (χ1) is 12.3. The van der Waals surface area contributed by atoms with E-state index >= 15 is 0 Å². The standard InChI is InChI=1S/C23H25OP/c1-2-20-18-19-25(24-20,21-12-6-3-7-13-21,22-14-8-4-9-15-22)23-16-10-5-11-17-23/h3-17,20H,2,18-19H2,1H3/t20-/m1/s1. The first kappa shape index (κ1) is 16.5. The normalized spacial score (nSPS) is 22.8. The van der Waals surface area contributed by atoms with Crippen molar-refractivity contribution in [2.45, 2.75) is 25.9 Å². The van der Waals surface area contributed by atoms with Crippen LogP contribution in [0.2, 0.25) is 0 Å². The Morgan fingerprint density at radius 1 is 0.720 bits per heavy atom. The van der Waals surface area contributed by atoms with Crippen molar-refractivity contribution in [1.82, 2.24) is 0 Å². The number of hydrogen-bond acceptors (Lipinski definition) is 1. The van der Waals surface area contributed by atoms with E-state index in [0.29, 0.717) is 6.10 Å². The van der Waals surface area contributed by atoms with Crippen molar-refractivity contribution in [1.29, 1.82) is 0 Å². The molecule has 0 amide bonds. The Hall–Kier alpha value is -1.95. The van der Waals surface area contributed by atoms with Gasteiger partial charge in [0.1, 0.15) is 0 Å². The molecule has 25 heavy (non-hydrogen) atoms. The topological polar surface area (TPSA) is 9.23 Å². The summed E-state index contributed by atoms with van der Waals surface area (Å²) < 4.78 is 7.17. The third kappa shape index (κ3) is 2.38. The van der Waals surface area contributed by atoms with Crippen LogP contribution >= 0.6 is 6.83 Å². The fourth-order valence-corrected chi connectivity index (χ4v) is 10.6. The third-order valence-corrected chi connectivity index (χ3v) is 11.7. The molecule has 0 aliphatic carbocycles. The molecule has 3 aromatic rings. The molecule has 1 saturated heterocycles. The van der Waals surface area contributed by atoms with Gasteiger partial charge in [0.05, 0.1) is 0 Å². The molecule has 0 radical (unpaired) electrons. The van der Waals surface area contributed by atoms with Gasteiger partial charge in [-0.2, -0.15) is 0 Å². The first-order valence-corrected chi connectivity index (χ1v) is 11.5. The van der Waals surface area contributed by atoms with E-state index in [1.54, 1.807) is 0 Å². The summed E-state index contributed by atoms with van der Waals surface area (Å²) in [7, 11) is 0. The Morgan fingerprint density at radius 3 is 1.44 bits per heavy atom. The number of rotatable bonds is 4. The summed E-state index contributed by atoms with van der Waals surface area (Å²) >= 11 is 0. The molecular weight excluding hydrogens is 323 g/mol. The molecule has 1 aliphatic rings. The van der Waals surface area contributed by atoms with E-state index in [9.17, 15) is 0 Å². The maximum absolute atomic E-state index is 7.17. The molecule has 0 spiro atoms. The second-order valence-electron chi connectivity index (χ2n) is 6.87. The molecule has 2 heteroatoms. The fourth-order valence-electron chi connectivity index (χ4n) is 4.35. The number of benzene rings is 3. The van der Waals surface area contributed by atoms with Crippen LogP contribution in [-0.2, 0) is 4.52 Å². The molecule has 1 heterocycles. The van der Waals surface area contributed by atoms with Crippen LogP contribution in [0.4, 0.5) is 0 Å². The van der Waals surface area contributed by atoms with Gasteiger partial charge in [-0.25, -0.2) is 0 Å². The van der Waals surface area contributed by atoms with Crippen molar-refractivity contribution in [3.63, 3.8) is 0 Å². The molecule has 0 N–H and O–H groups in total. The summed E-state index contributed by atoms with van der Waals surface area (Å²) in [5, 5.41) is 4.05. The van der Waals surface area contributed by atoms with Crippen LogP contribution in [0.15, 0.2) is 91.0 Å². The Morgan fingerprint density at radius 2 is 1.12 bits per heavy atom. The summed E-state index contributed by atoms with van der Waals surface area (Å²) in [4.78, 5) is 0. The van der Waals surface area contributed by atoms with Gasteiger partial charge in [-0.1, -0.05) is 0 Å². The van der Waals surface area contributed by atoms with Crippen molar-refractivity contribution in [2.75, 3.05) is 6.16 Å². The Balaban J connectivity index is 2.10. The van der Waals surface area contributed by atoms with Gasteiger partial charge in [0, 0.05) is 0 Å². The van der Waals surface area contributed by atoms with Crippen molar-refractivity contribution in [3.8, 4) is 0 Å². The van der Waals surface area contributed by atoms with E-state index < -0.39 is 6.83 Å². The van der Waals surface area contributed by atoms with Gasteiger partial charge in [-0.15, -0.1) is 0 Å². The quantitative estimate of drug-likeness (QED) is 0.625. The minimum atomic E-state index is -2.90. The van der Waals surface area contributed by atoms with E-state index in [2.05, 4.69) is 97.9 Å². The second kappa shape index (κ2) is 6.41. The van der Waals surface area contributed by atoms with Crippen molar-refractivity contribution in [3.05, 3.63) is 91.0 Å². The van der Waals surface area contributed by atoms with Gasteiger partial charge in [0.25, 0.3) is 0 Å². The fraction of sp³-hybridized carbons (Fsp3) is 0.217. The summed E-state index contributed by atoms with van der Waals surface area (Å²) in [6.07, 6.45) is 3.58. The molecule has 0 aromatic heterocycles. The van der Waals surface area contributed by atoms with E-state index in [4.69, 9.17) is 4.52 Å². The summed E-state index contributed by atoms with van der Waals surface area (Å²) in [6.45, 7) is -0.665. The van der Waals surface area contributed by atoms with E-state index in [0.717, 1.165) is 19.0 Å². The molecule has 128 valence electrons. The molecule has 0 bridgehead atoms. The molecule has 0 saturated carbocycles. The van der Waals surface area contributed by atoms with Gasteiger partial charge in [0.15, 0.2) is 0 Å². The van der Waals surface area contributed by atoms with Gasteiger partial charge >= 0.3 is 150 Å². The Labute approximate surface area is 150 Å². The summed E-state index contributed by atoms with van der Waals surface area (Å²) in [6, 6.07) is 32.8. The van der Waals surface area contributed by atoms with Crippen molar-refractivity contribution >= 4 is 22.7 Å². The summed E-state index contributed by atoms with van der Waals surface area (Å²) in [5.74, 6) is 0. The second-order valence-corrected chi connectivity index (χ2v) is 11.5. The number of hydrogen-bond donors (Lipinski definition) is 0. The van der Waals surface area contributed by atoms with Crippen LogP contribution in [0.25, 0.3) is 0 Å². The van der Waals surface area contributed by atoms with Gasteiger partial charge in [0.2, 0.25) is 0 Å². The molecular formula is C23H25OP. The van der Waals surface area contributed by atoms with Gasteiger partial charge in [-0.3, -0.25) is 0 Å². The Kier molecular flexibility index (Phi) is 4.23. The van der Waals surface area contributed by atoms with Gasteiger partial charge in [-0.05, 0) is 0 Å². The van der Waals surface area contributed by atoms with Crippen LogP contribution in [0.1, 0.15) is 19.8 Å². The molecule has 1 nitrogen and oxygen atoms in total. The summed E-state index contributed by atoms with van der Waals surface area (Å²) in [5.41, 5.74) is 0. The van der Waals surface area contributed by atoms with E-state index in [1.807, 2.05) is 0 Å². The monoisotopic (exact) mass is 348 g/mol. The predicted molar refractivity (Wildman–Crippen MR) is 110 cm³/mol. The maximum atomic E-state index is 7.17. The SMILES string of the molecule is CC[C@@H]1CCP(c2ccccc2)(c2ccccc2)(c2ccccc2)O1. The predicted octanol–water partition coefficient (Wildman–Crippen LogP) is 4.63. The van der Waals surface area contributed by atoms with Crippen LogP contribution in [-0.4, -0.2) is 12.3 Å². The first-order valence-electron chi connectivity index (χ1n) is 9.16. The average Bonchev–Trinajstić information content (AvgIpc) is 3.13. The van der Waals surface area contributed by atoms with Crippen LogP contribution < -0.4 is 15.9 Å². The molecule has 1 fully saturated rings. The Bertz CT molecular complexity index is 730. The molecule has 4 rings (SSSR count). The van der Waals surface area contributed by atoms with Gasteiger partial charge < -0.3 is 0 Å². The van der Waals surface area contributed by atoms with Crippen molar-refractivity contribution < 1.29 is 4.52 Å². The molecule has 3 aromatic carbocycles. The van der Waals surface area contributed by atoms with E-state index in [1.165, 1.54) is 15.9 Å². The molecule has 1 atom stereocenters. The molecule has 0 unspecified atom stereocenters. The van der Waals surface area contributed by atoms with Crippen molar-refractivity contribution in [2.24, 2.45) is 0 Å². The van der Waals surface area contributed by atoms with Crippen LogP contribution in [0, 0.1) is 0 Å². The zero-order chi connectivity index (χ0) is 17.2. The third-order valence-electron chi connectivity index (χ3n) is 5.62. The average molecular weight is 348 g/mol. The van der Waals surface area contributed by atoms with Crippen LogP contribution in [0.3, 0.4) is 0 Å². The van der Waals surface area contributed by atoms with Crippen LogP contribution in [0.5, 0.6) is 0 Å². The zero-order valence-corrected chi connectivity index (χ0v) is 15.6. The minimum absolute atomic E-state index is 0.318. The molecule has 1 aliphatic heterocycles. The zero-order valence-electron chi connectivity index (χ0n) is 14.7. The van der Waals surface area contributed by atoms with E-state index in [-0.39, 0.29) is 0 Å².